The van der Waals surface area contributed by atoms with Crippen molar-refractivity contribution in [3.63, 3.8) is 0 Å². The molecule has 1 aromatic rings. The van der Waals surface area contributed by atoms with E-state index in [9.17, 15) is 10.2 Å². The van der Waals surface area contributed by atoms with Crippen molar-refractivity contribution < 1.29 is 10.2 Å². The SMILES string of the molecule is CC(C)[C@@H]1CC[C@@H](C)CC1(O)c1ccccc1O. The number of aromatic hydroxyl groups is 1. The zero-order valence-electron chi connectivity index (χ0n) is 11.6. The van der Waals surface area contributed by atoms with Crippen LogP contribution in [-0.2, 0) is 5.60 Å². The standard InChI is InChI=1S/C16H24O2/c1-11(2)13-9-8-12(3)10-16(13,18)14-6-4-5-7-15(14)17/h4-7,11-13,17-18H,8-10H2,1-3H3/t12-,13+,16?/m1/s1. The number of hydrogen-bond acceptors (Lipinski definition) is 2. The molecule has 1 aromatic carbocycles. The molecule has 0 spiro atoms. The number of benzene rings is 1. The molecule has 0 saturated heterocycles. The quantitative estimate of drug-likeness (QED) is 0.838. The minimum Gasteiger partial charge on any atom is -0.508 e. The van der Waals surface area contributed by atoms with Gasteiger partial charge in [-0.3, -0.25) is 0 Å². The molecule has 1 saturated carbocycles. The topological polar surface area (TPSA) is 40.5 Å². The summed E-state index contributed by atoms with van der Waals surface area (Å²) in [6.07, 6.45) is 2.94. The lowest BCUT2D eigenvalue weighted by atomic mass is 9.64. The van der Waals surface area contributed by atoms with Gasteiger partial charge in [0.2, 0.25) is 0 Å². The zero-order chi connectivity index (χ0) is 13.3. The molecule has 1 unspecified atom stereocenters. The smallest absolute Gasteiger partial charge is 0.121 e. The van der Waals surface area contributed by atoms with Gasteiger partial charge in [-0.25, -0.2) is 0 Å². The summed E-state index contributed by atoms with van der Waals surface area (Å²) >= 11 is 0. The second-order valence-electron chi connectivity index (χ2n) is 6.18. The van der Waals surface area contributed by atoms with Gasteiger partial charge in [0.05, 0.1) is 5.60 Å². The molecule has 3 atom stereocenters. The normalized spacial score (nSPS) is 32.7. The second kappa shape index (κ2) is 4.93. The molecule has 0 radical (unpaired) electrons. The van der Waals surface area contributed by atoms with E-state index in [-0.39, 0.29) is 11.7 Å². The summed E-state index contributed by atoms with van der Waals surface area (Å²) in [6.45, 7) is 6.50. The lowest BCUT2D eigenvalue weighted by Crippen LogP contribution is -2.43. The molecule has 0 aliphatic heterocycles. The van der Waals surface area contributed by atoms with Gasteiger partial charge < -0.3 is 10.2 Å². The Morgan fingerprint density at radius 1 is 1.22 bits per heavy atom. The highest BCUT2D eigenvalue weighted by molar-refractivity contribution is 5.37. The molecule has 1 aliphatic carbocycles. The maximum atomic E-state index is 11.2. The summed E-state index contributed by atoms with van der Waals surface area (Å²) in [5, 5.41) is 21.2. The first-order valence-corrected chi connectivity index (χ1v) is 6.96. The van der Waals surface area contributed by atoms with Gasteiger partial charge in [0.15, 0.2) is 0 Å². The molecule has 0 aromatic heterocycles. The Kier molecular flexibility index (Phi) is 3.67. The Morgan fingerprint density at radius 3 is 2.50 bits per heavy atom. The third-order valence-electron chi connectivity index (χ3n) is 4.42. The van der Waals surface area contributed by atoms with Gasteiger partial charge in [-0.2, -0.15) is 0 Å². The van der Waals surface area contributed by atoms with Gasteiger partial charge in [0.1, 0.15) is 5.75 Å². The third kappa shape index (κ3) is 2.26. The Bertz CT molecular complexity index is 413. The average molecular weight is 248 g/mol. The Hall–Kier alpha value is -1.02. The fourth-order valence-electron chi connectivity index (χ4n) is 3.52. The van der Waals surface area contributed by atoms with E-state index in [1.807, 2.05) is 12.1 Å². The van der Waals surface area contributed by atoms with E-state index < -0.39 is 5.60 Å². The highest BCUT2D eigenvalue weighted by Crippen LogP contribution is 2.49. The van der Waals surface area contributed by atoms with Crippen LogP contribution < -0.4 is 0 Å². The van der Waals surface area contributed by atoms with Crippen molar-refractivity contribution in [3.05, 3.63) is 29.8 Å². The van der Waals surface area contributed by atoms with Gasteiger partial charge in [-0.05, 0) is 36.7 Å². The molecule has 100 valence electrons. The maximum Gasteiger partial charge on any atom is 0.121 e. The second-order valence-corrected chi connectivity index (χ2v) is 6.18. The fraction of sp³-hybridized carbons (Fsp3) is 0.625. The van der Waals surface area contributed by atoms with E-state index >= 15 is 0 Å². The predicted molar refractivity (Wildman–Crippen MR) is 73.3 cm³/mol. The van der Waals surface area contributed by atoms with Gasteiger partial charge in [0.25, 0.3) is 0 Å². The minimum atomic E-state index is -0.878. The monoisotopic (exact) mass is 248 g/mol. The summed E-state index contributed by atoms with van der Waals surface area (Å²) in [4.78, 5) is 0. The van der Waals surface area contributed by atoms with Crippen LogP contribution in [0.4, 0.5) is 0 Å². The van der Waals surface area contributed by atoms with Crippen molar-refractivity contribution in [2.24, 2.45) is 17.8 Å². The molecule has 2 N–H and O–H groups in total. The highest BCUT2D eigenvalue weighted by Gasteiger charge is 2.45. The first-order valence-electron chi connectivity index (χ1n) is 6.96. The minimum absolute atomic E-state index is 0.222. The number of rotatable bonds is 2. The Balaban J connectivity index is 2.44. The summed E-state index contributed by atoms with van der Waals surface area (Å²) in [5.74, 6) is 1.37. The van der Waals surface area contributed by atoms with Crippen LogP contribution in [0.25, 0.3) is 0 Å². The predicted octanol–water partition coefficient (Wildman–Crippen LogP) is 3.67. The Labute approximate surface area is 110 Å². The van der Waals surface area contributed by atoms with Crippen LogP contribution in [0, 0.1) is 17.8 Å². The molecule has 0 bridgehead atoms. The van der Waals surface area contributed by atoms with Crippen LogP contribution in [0.5, 0.6) is 5.75 Å². The number of phenols is 1. The van der Waals surface area contributed by atoms with Gasteiger partial charge in [-0.15, -0.1) is 0 Å². The van der Waals surface area contributed by atoms with Crippen LogP contribution in [0.2, 0.25) is 0 Å². The van der Waals surface area contributed by atoms with Gasteiger partial charge in [-0.1, -0.05) is 45.4 Å². The van der Waals surface area contributed by atoms with Crippen LogP contribution in [-0.4, -0.2) is 10.2 Å². The molecule has 0 heterocycles. The number of para-hydroxylation sites is 1. The van der Waals surface area contributed by atoms with E-state index in [1.54, 1.807) is 12.1 Å². The summed E-state index contributed by atoms with van der Waals surface area (Å²) in [7, 11) is 0. The Morgan fingerprint density at radius 2 is 1.89 bits per heavy atom. The molecule has 1 aliphatic rings. The van der Waals surface area contributed by atoms with Gasteiger partial charge >= 0.3 is 0 Å². The summed E-state index contributed by atoms with van der Waals surface area (Å²) in [6, 6.07) is 7.23. The lowest BCUT2D eigenvalue weighted by Gasteiger charge is -2.45. The molecular formula is C16H24O2. The molecule has 2 rings (SSSR count). The van der Waals surface area contributed by atoms with Crippen molar-refractivity contribution in [2.75, 3.05) is 0 Å². The maximum absolute atomic E-state index is 11.2. The number of phenolic OH excluding ortho intramolecular Hbond substituents is 1. The fourth-order valence-corrected chi connectivity index (χ4v) is 3.52. The van der Waals surface area contributed by atoms with Crippen LogP contribution >= 0.6 is 0 Å². The van der Waals surface area contributed by atoms with Crippen molar-refractivity contribution in [1.29, 1.82) is 0 Å². The van der Waals surface area contributed by atoms with Crippen molar-refractivity contribution in [1.82, 2.24) is 0 Å². The number of aliphatic hydroxyl groups is 1. The molecule has 0 amide bonds. The lowest BCUT2D eigenvalue weighted by molar-refractivity contribution is -0.0877. The molecule has 2 heteroatoms. The van der Waals surface area contributed by atoms with Crippen LogP contribution in [0.1, 0.15) is 45.6 Å². The van der Waals surface area contributed by atoms with Crippen molar-refractivity contribution in [3.8, 4) is 5.75 Å². The molecule has 18 heavy (non-hydrogen) atoms. The molecular weight excluding hydrogens is 224 g/mol. The largest absolute Gasteiger partial charge is 0.508 e. The average Bonchev–Trinajstić information content (AvgIpc) is 2.28. The van der Waals surface area contributed by atoms with Gasteiger partial charge in [0, 0.05) is 5.56 Å². The van der Waals surface area contributed by atoms with Crippen LogP contribution in [0.3, 0.4) is 0 Å². The van der Waals surface area contributed by atoms with E-state index in [1.165, 1.54) is 6.42 Å². The zero-order valence-corrected chi connectivity index (χ0v) is 11.6. The molecule has 1 fully saturated rings. The first-order chi connectivity index (χ1) is 8.45. The van der Waals surface area contributed by atoms with Crippen molar-refractivity contribution >= 4 is 0 Å². The first kappa shape index (κ1) is 13.4. The van der Waals surface area contributed by atoms with E-state index in [2.05, 4.69) is 20.8 Å². The highest BCUT2D eigenvalue weighted by atomic mass is 16.3. The van der Waals surface area contributed by atoms with Crippen LogP contribution in [0.15, 0.2) is 24.3 Å². The molecule has 2 nitrogen and oxygen atoms in total. The summed E-state index contributed by atoms with van der Waals surface area (Å²) < 4.78 is 0. The van der Waals surface area contributed by atoms with E-state index in [0.29, 0.717) is 17.4 Å². The number of hydrogen-bond donors (Lipinski definition) is 2. The third-order valence-corrected chi connectivity index (χ3v) is 4.42. The van der Waals surface area contributed by atoms with E-state index in [4.69, 9.17) is 0 Å². The van der Waals surface area contributed by atoms with Crippen molar-refractivity contribution in [2.45, 2.75) is 45.6 Å². The summed E-state index contributed by atoms with van der Waals surface area (Å²) in [5.41, 5.74) is -0.174. The van der Waals surface area contributed by atoms with E-state index in [0.717, 1.165) is 12.8 Å².